The Labute approximate surface area is 156 Å². The average Bonchev–Trinajstić information content (AvgIpc) is 3.36. The minimum Gasteiger partial charge on any atom is -0.467 e. The number of amides is 1. The molecule has 1 aromatic carbocycles. The number of aromatic amines is 1. The van der Waals surface area contributed by atoms with Crippen LogP contribution in [0.5, 0.6) is 0 Å². The van der Waals surface area contributed by atoms with E-state index in [-0.39, 0.29) is 23.8 Å². The van der Waals surface area contributed by atoms with E-state index in [1.165, 1.54) is 7.11 Å². The van der Waals surface area contributed by atoms with Crippen LogP contribution in [-0.2, 0) is 25.5 Å². The molecule has 1 amide bonds. The van der Waals surface area contributed by atoms with E-state index < -0.39 is 17.2 Å². The van der Waals surface area contributed by atoms with Crippen molar-refractivity contribution in [3.8, 4) is 0 Å². The number of carbonyl (C=O) groups excluding carboxylic acids is 2. The zero-order valence-electron chi connectivity index (χ0n) is 15.2. The Hall–Kier alpha value is -2.60. The van der Waals surface area contributed by atoms with E-state index in [0.717, 1.165) is 22.2 Å². The second-order valence-electron chi connectivity index (χ2n) is 8.31. The maximum atomic E-state index is 13.4. The summed E-state index contributed by atoms with van der Waals surface area (Å²) in [6, 6.07) is 7.11. The topological polar surface area (TPSA) is 71.6 Å². The first-order valence-electron chi connectivity index (χ1n) is 9.37. The lowest BCUT2D eigenvalue weighted by Gasteiger charge is -2.40. The lowest BCUT2D eigenvalue weighted by Crippen LogP contribution is -2.51. The van der Waals surface area contributed by atoms with Crippen molar-refractivity contribution in [3.05, 3.63) is 47.7 Å². The van der Waals surface area contributed by atoms with Gasteiger partial charge in [0.15, 0.2) is 0 Å². The molecule has 6 heteroatoms. The van der Waals surface area contributed by atoms with Gasteiger partial charge in [0.2, 0.25) is 5.91 Å². The Bertz CT molecular complexity index is 1060. The number of carbonyl (C=O) groups is 2. The van der Waals surface area contributed by atoms with Crippen molar-refractivity contribution in [1.82, 2.24) is 9.88 Å². The summed E-state index contributed by atoms with van der Waals surface area (Å²) in [7, 11) is 1.38. The number of hydrogen-bond acceptors (Lipinski definition) is 4. The maximum Gasteiger partial charge on any atom is 0.328 e. The number of methoxy groups -OCH3 is 1. The molecule has 4 aliphatic rings. The van der Waals surface area contributed by atoms with Crippen molar-refractivity contribution >= 4 is 22.8 Å². The fourth-order valence-corrected chi connectivity index (χ4v) is 5.78. The van der Waals surface area contributed by atoms with Gasteiger partial charge in [-0.05, 0) is 25.0 Å². The first-order chi connectivity index (χ1) is 13.0. The smallest absolute Gasteiger partial charge is 0.328 e. The molecule has 138 valence electrons. The summed E-state index contributed by atoms with van der Waals surface area (Å²) in [5.74, 6) is -0.639. The second-order valence-corrected chi connectivity index (χ2v) is 8.31. The monoisotopic (exact) mass is 364 g/mol. The van der Waals surface area contributed by atoms with Crippen LogP contribution in [0.3, 0.4) is 0 Å². The number of H-pyrrole nitrogens is 1. The van der Waals surface area contributed by atoms with Crippen molar-refractivity contribution < 1.29 is 19.1 Å². The minimum atomic E-state index is -0.714. The van der Waals surface area contributed by atoms with Gasteiger partial charge in [-0.15, -0.1) is 0 Å². The molecule has 2 bridgehead atoms. The highest BCUT2D eigenvalue weighted by atomic mass is 16.5. The molecule has 5 atom stereocenters. The number of aromatic nitrogens is 1. The number of hydrogen-bond donors (Lipinski definition) is 1. The molecule has 4 aliphatic heterocycles. The van der Waals surface area contributed by atoms with Gasteiger partial charge in [-0.3, -0.25) is 4.79 Å². The first-order valence-corrected chi connectivity index (χ1v) is 9.37. The molecule has 5 heterocycles. The van der Waals surface area contributed by atoms with Crippen molar-refractivity contribution in [1.29, 1.82) is 0 Å². The summed E-state index contributed by atoms with van der Waals surface area (Å²) >= 11 is 0. The SMILES string of the molecule is COC(=O)[C@@H]1Cc2c([nH]c3ccccc23)[C@@H]2N1C(=O)[C@@H]1C[C@@]3(C)C=C[C@@]21O3. The van der Waals surface area contributed by atoms with Crippen molar-refractivity contribution in [2.24, 2.45) is 5.92 Å². The molecule has 0 radical (unpaired) electrons. The molecular formula is C21H20N2O4. The van der Waals surface area contributed by atoms with Crippen LogP contribution >= 0.6 is 0 Å². The fraction of sp³-hybridized carbons (Fsp3) is 0.429. The number of fused-ring (bicyclic) bond motifs is 6. The van der Waals surface area contributed by atoms with Crippen LogP contribution < -0.4 is 0 Å². The summed E-state index contributed by atoms with van der Waals surface area (Å²) in [4.78, 5) is 31.3. The normalized spacial score (nSPS) is 38.2. The molecule has 2 fully saturated rings. The third-order valence-electron chi connectivity index (χ3n) is 6.85. The van der Waals surface area contributed by atoms with Gasteiger partial charge in [-0.25, -0.2) is 4.79 Å². The Kier molecular flexibility index (Phi) is 2.65. The molecule has 2 aromatic rings. The summed E-state index contributed by atoms with van der Waals surface area (Å²) in [6.07, 6.45) is 5.24. The standard InChI is InChI=1S/C21H20N2O4/c1-20-7-8-21(27-20)13(10-20)18(24)23-15(19(25)26-2)9-12-11-5-3-4-6-14(11)22-16(12)17(21)23/h3-8,13,15,17,22H,9-10H2,1-2H3/t13-,15-,17-,20+,21-/m0/s1. The van der Waals surface area contributed by atoms with E-state index in [0.29, 0.717) is 12.8 Å². The van der Waals surface area contributed by atoms with Crippen LogP contribution in [0.15, 0.2) is 36.4 Å². The zero-order valence-corrected chi connectivity index (χ0v) is 15.2. The van der Waals surface area contributed by atoms with E-state index >= 15 is 0 Å². The van der Waals surface area contributed by atoms with Crippen LogP contribution in [0.25, 0.3) is 10.9 Å². The van der Waals surface area contributed by atoms with E-state index in [9.17, 15) is 9.59 Å². The lowest BCUT2D eigenvalue weighted by molar-refractivity contribution is -0.155. The number of ether oxygens (including phenoxy) is 2. The average molecular weight is 364 g/mol. The molecule has 2 saturated heterocycles. The Balaban J connectivity index is 1.63. The third-order valence-corrected chi connectivity index (χ3v) is 6.85. The maximum absolute atomic E-state index is 13.4. The predicted octanol–water partition coefficient (Wildman–Crippen LogP) is 2.25. The third kappa shape index (κ3) is 1.66. The molecule has 0 saturated carbocycles. The van der Waals surface area contributed by atoms with Crippen LogP contribution in [-0.4, -0.2) is 46.1 Å². The van der Waals surface area contributed by atoms with Gasteiger partial charge in [0.25, 0.3) is 0 Å². The van der Waals surface area contributed by atoms with E-state index in [1.54, 1.807) is 4.90 Å². The molecule has 27 heavy (non-hydrogen) atoms. The lowest BCUT2D eigenvalue weighted by atomic mass is 9.76. The summed E-state index contributed by atoms with van der Waals surface area (Å²) < 4.78 is 11.5. The van der Waals surface area contributed by atoms with Crippen LogP contribution in [0, 0.1) is 5.92 Å². The van der Waals surface area contributed by atoms with E-state index in [2.05, 4.69) is 23.2 Å². The van der Waals surface area contributed by atoms with Gasteiger partial charge in [0.1, 0.15) is 17.7 Å². The summed E-state index contributed by atoms with van der Waals surface area (Å²) in [6.45, 7) is 2.03. The van der Waals surface area contributed by atoms with Crippen molar-refractivity contribution in [3.63, 3.8) is 0 Å². The highest BCUT2D eigenvalue weighted by Gasteiger charge is 2.71. The van der Waals surface area contributed by atoms with Gasteiger partial charge in [-0.1, -0.05) is 30.4 Å². The van der Waals surface area contributed by atoms with Crippen molar-refractivity contribution in [2.45, 2.75) is 43.1 Å². The number of para-hydroxylation sites is 1. The molecule has 1 aromatic heterocycles. The van der Waals surface area contributed by atoms with E-state index in [4.69, 9.17) is 9.47 Å². The molecule has 0 aliphatic carbocycles. The van der Waals surface area contributed by atoms with Crippen molar-refractivity contribution in [2.75, 3.05) is 7.11 Å². The van der Waals surface area contributed by atoms with Gasteiger partial charge >= 0.3 is 5.97 Å². The Morgan fingerprint density at radius 1 is 1.33 bits per heavy atom. The van der Waals surface area contributed by atoms with Crippen LogP contribution in [0.1, 0.15) is 30.6 Å². The number of rotatable bonds is 1. The zero-order chi connectivity index (χ0) is 18.6. The van der Waals surface area contributed by atoms with Gasteiger partial charge < -0.3 is 19.4 Å². The number of esters is 1. The highest BCUT2D eigenvalue weighted by Crippen LogP contribution is 2.63. The minimum absolute atomic E-state index is 0.00668. The summed E-state index contributed by atoms with van der Waals surface area (Å²) in [5.41, 5.74) is 1.97. The number of benzene rings is 1. The molecular weight excluding hydrogens is 344 g/mol. The molecule has 6 nitrogen and oxygen atoms in total. The Morgan fingerprint density at radius 3 is 2.93 bits per heavy atom. The quantitative estimate of drug-likeness (QED) is 0.622. The number of nitrogens with one attached hydrogen (secondary N) is 1. The largest absolute Gasteiger partial charge is 0.467 e. The first kappa shape index (κ1) is 15.5. The highest BCUT2D eigenvalue weighted by molar-refractivity contribution is 5.94. The predicted molar refractivity (Wildman–Crippen MR) is 96.9 cm³/mol. The van der Waals surface area contributed by atoms with Gasteiger partial charge in [0.05, 0.1) is 18.6 Å². The van der Waals surface area contributed by atoms with Gasteiger partial charge in [0, 0.05) is 23.0 Å². The molecule has 1 N–H and O–H groups in total. The summed E-state index contributed by atoms with van der Waals surface area (Å²) in [5, 5.41) is 1.09. The molecule has 6 rings (SSSR count). The number of nitrogens with zero attached hydrogens (tertiary/aromatic N) is 1. The van der Waals surface area contributed by atoms with E-state index in [1.807, 2.05) is 25.1 Å². The fourth-order valence-electron chi connectivity index (χ4n) is 5.78. The molecule has 1 spiro atoms. The van der Waals surface area contributed by atoms with Crippen LogP contribution in [0.2, 0.25) is 0 Å². The van der Waals surface area contributed by atoms with Gasteiger partial charge in [-0.2, -0.15) is 0 Å². The Morgan fingerprint density at radius 2 is 2.15 bits per heavy atom. The van der Waals surface area contributed by atoms with Crippen LogP contribution in [0.4, 0.5) is 0 Å². The second kappa shape index (κ2) is 4.62. The molecule has 0 unspecified atom stereocenters.